The fourth-order valence-electron chi connectivity index (χ4n) is 0.739. The van der Waals surface area contributed by atoms with Gasteiger partial charge in [0.25, 0.3) is 0 Å². The third-order valence-electron chi connectivity index (χ3n) is 1.16. The molecule has 0 N–H and O–H groups in total. The van der Waals surface area contributed by atoms with Crippen LogP contribution in [0.25, 0.3) is 0 Å². The van der Waals surface area contributed by atoms with Crippen molar-refractivity contribution in [2.75, 3.05) is 6.61 Å². The van der Waals surface area contributed by atoms with Crippen molar-refractivity contribution in [1.29, 1.82) is 0 Å². The van der Waals surface area contributed by atoms with Crippen LogP contribution in [0.3, 0.4) is 0 Å². The summed E-state index contributed by atoms with van der Waals surface area (Å²) < 4.78 is 5.15. The van der Waals surface area contributed by atoms with Crippen LogP contribution in [0.2, 0.25) is 0 Å². The molecule has 1 saturated heterocycles. The van der Waals surface area contributed by atoms with Gasteiger partial charge in [0.2, 0.25) is 0 Å². The van der Waals surface area contributed by atoms with Crippen LogP contribution in [0.15, 0.2) is 0 Å². The second kappa shape index (κ2) is 1.61. The van der Waals surface area contributed by atoms with Crippen molar-refractivity contribution in [3.63, 3.8) is 0 Å². The highest BCUT2D eigenvalue weighted by Crippen LogP contribution is 2.09. The zero-order chi connectivity index (χ0) is 4.41. The van der Waals surface area contributed by atoms with Gasteiger partial charge in [-0.05, 0) is 19.8 Å². The number of rotatable bonds is 0. The van der Waals surface area contributed by atoms with Crippen LogP contribution in [0.5, 0.6) is 0 Å². The topological polar surface area (TPSA) is 9.23 Å². The lowest BCUT2D eigenvalue weighted by atomic mass is 10.3. The molecule has 0 aromatic carbocycles. The minimum atomic E-state index is 0. The molecule has 0 amide bonds. The molecule has 38 valence electrons. The Morgan fingerprint density at radius 1 is 1.83 bits per heavy atom. The second-order valence-corrected chi connectivity index (χ2v) is 1.82. The molecule has 1 rings (SSSR count). The van der Waals surface area contributed by atoms with Crippen molar-refractivity contribution in [1.82, 2.24) is 0 Å². The van der Waals surface area contributed by atoms with Gasteiger partial charge < -0.3 is 4.74 Å². The van der Waals surface area contributed by atoms with E-state index in [0.717, 1.165) is 6.61 Å². The highest BCUT2D eigenvalue weighted by Gasteiger charge is 2.07. The third kappa shape index (κ3) is 0.716. The number of hydrogen-bond donors (Lipinski definition) is 0. The quantitative estimate of drug-likeness (QED) is 0.435. The lowest BCUT2D eigenvalue weighted by Gasteiger charge is -1.94. The van der Waals surface area contributed by atoms with Gasteiger partial charge in [0, 0.05) is 8.03 Å². The van der Waals surface area contributed by atoms with Crippen LogP contribution >= 0.6 is 0 Å². The highest BCUT2D eigenvalue weighted by molar-refractivity contribution is 4.56. The average Bonchev–Trinajstić information content (AvgIpc) is 1.86. The lowest BCUT2D eigenvalue weighted by Crippen LogP contribution is -1.94. The van der Waals surface area contributed by atoms with E-state index in [-0.39, 0.29) is 1.43 Å². The molecule has 0 aliphatic carbocycles. The third-order valence-corrected chi connectivity index (χ3v) is 1.16. The van der Waals surface area contributed by atoms with E-state index < -0.39 is 0 Å². The lowest BCUT2D eigenvalue weighted by molar-refractivity contribution is 0.125. The van der Waals surface area contributed by atoms with Gasteiger partial charge in [-0.2, -0.15) is 0 Å². The molecule has 0 aromatic heterocycles. The zero-order valence-electron chi connectivity index (χ0n) is 4.11. The average molecular weight is 88.1 g/mol. The molecule has 0 saturated carbocycles. The smallest absolute Gasteiger partial charge is 0.0547 e. The Kier molecular flexibility index (Phi) is 1.10. The van der Waals surface area contributed by atoms with Gasteiger partial charge in [-0.3, -0.25) is 0 Å². The van der Waals surface area contributed by atoms with Gasteiger partial charge in [-0.15, -0.1) is 0 Å². The first kappa shape index (κ1) is 4.13. The van der Waals surface area contributed by atoms with Gasteiger partial charge in [0.15, 0.2) is 0 Å². The largest absolute Gasteiger partial charge is 0.379 e. The van der Waals surface area contributed by atoms with Crippen LogP contribution in [0.4, 0.5) is 0 Å². The first-order valence-corrected chi connectivity index (χ1v) is 2.51. The summed E-state index contributed by atoms with van der Waals surface area (Å²) in [4.78, 5) is 0. The zero-order valence-corrected chi connectivity index (χ0v) is 4.11. The Morgan fingerprint density at radius 3 is 2.83 bits per heavy atom. The van der Waals surface area contributed by atoms with E-state index in [1.165, 1.54) is 12.8 Å². The number of ether oxygens (including phenoxy) is 1. The molecule has 0 radical (unpaired) electrons. The van der Waals surface area contributed by atoms with Crippen molar-refractivity contribution in [3.05, 3.63) is 0 Å². The van der Waals surface area contributed by atoms with E-state index in [0.29, 0.717) is 6.10 Å². The van der Waals surface area contributed by atoms with E-state index in [2.05, 4.69) is 6.92 Å². The van der Waals surface area contributed by atoms with Crippen molar-refractivity contribution in [2.45, 2.75) is 25.9 Å². The van der Waals surface area contributed by atoms with Gasteiger partial charge in [-0.1, -0.05) is 0 Å². The monoisotopic (exact) mass is 88.1 g/mol. The van der Waals surface area contributed by atoms with Crippen molar-refractivity contribution in [2.24, 2.45) is 0 Å². The molecule has 1 fully saturated rings. The summed E-state index contributed by atoms with van der Waals surface area (Å²) in [5.74, 6) is 0. The standard InChI is InChI=1S/C5H10O.H2/c1-5-3-2-4-6-5;/h5H,2-4H2,1H3;1H. The normalized spacial score (nSPS) is 34.5. The molecule has 1 aliphatic heterocycles. The molecule has 1 unspecified atom stereocenters. The predicted octanol–water partition coefficient (Wildman–Crippen LogP) is 1.43. The maximum atomic E-state index is 5.15. The molecular formula is C5H12O. The molecule has 0 aromatic rings. The minimum Gasteiger partial charge on any atom is -0.379 e. The van der Waals surface area contributed by atoms with Crippen LogP contribution < -0.4 is 0 Å². The van der Waals surface area contributed by atoms with E-state index in [1.54, 1.807) is 0 Å². The Morgan fingerprint density at radius 2 is 2.67 bits per heavy atom. The fraction of sp³-hybridized carbons (Fsp3) is 1.00. The van der Waals surface area contributed by atoms with Crippen LogP contribution in [-0.2, 0) is 4.74 Å². The predicted molar refractivity (Wildman–Crippen MR) is 26.8 cm³/mol. The maximum absolute atomic E-state index is 5.15. The van der Waals surface area contributed by atoms with Crippen molar-refractivity contribution >= 4 is 0 Å². The molecule has 1 nitrogen and oxygen atoms in total. The Balaban J connectivity index is 0.000000360. The summed E-state index contributed by atoms with van der Waals surface area (Å²) >= 11 is 0. The SMILES string of the molecule is CC1CCCO1.[HH]. The first-order valence-electron chi connectivity index (χ1n) is 2.51. The van der Waals surface area contributed by atoms with Crippen molar-refractivity contribution < 1.29 is 6.16 Å². The minimum absolute atomic E-state index is 0. The summed E-state index contributed by atoms with van der Waals surface area (Å²) in [6.07, 6.45) is 3.08. The van der Waals surface area contributed by atoms with E-state index >= 15 is 0 Å². The van der Waals surface area contributed by atoms with Gasteiger partial charge >= 0.3 is 0 Å². The summed E-state index contributed by atoms with van der Waals surface area (Å²) in [6.45, 7) is 3.11. The summed E-state index contributed by atoms with van der Waals surface area (Å²) in [5, 5.41) is 0. The molecule has 6 heavy (non-hydrogen) atoms. The highest BCUT2D eigenvalue weighted by atomic mass is 16.5. The molecular weight excluding hydrogens is 76.1 g/mol. The Bertz CT molecular complexity index is 41.3. The molecule has 1 atom stereocenters. The molecule has 1 heteroatoms. The molecule has 0 bridgehead atoms. The Hall–Kier alpha value is -0.0400. The molecule has 1 heterocycles. The summed E-state index contributed by atoms with van der Waals surface area (Å²) in [5.41, 5.74) is 0. The number of hydrogen-bond acceptors (Lipinski definition) is 1. The van der Waals surface area contributed by atoms with Crippen LogP contribution in [0.1, 0.15) is 21.2 Å². The van der Waals surface area contributed by atoms with E-state index in [4.69, 9.17) is 4.74 Å². The van der Waals surface area contributed by atoms with Gasteiger partial charge in [0.1, 0.15) is 0 Å². The van der Waals surface area contributed by atoms with Gasteiger partial charge in [-0.25, -0.2) is 0 Å². The molecule has 1 aliphatic rings. The second-order valence-electron chi connectivity index (χ2n) is 1.82. The van der Waals surface area contributed by atoms with Crippen LogP contribution in [-0.4, -0.2) is 12.7 Å². The molecule has 0 spiro atoms. The fourth-order valence-corrected chi connectivity index (χ4v) is 0.739. The summed E-state index contributed by atoms with van der Waals surface area (Å²) in [7, 11) is 0. The Labute approximate surface area is 39.8 Å². The van der Waals surface area contributed by atoms with Gasteiger partial charge in [0.05, 0.1) is 6.10 Å². The first-order chi connectivity index (χ1) is 2.89. The van der Waals surface area contributed by atoms with Crippen molar-refractivity contribution in [3.8, 4) is 0 Å². The van der Waals surface area contributed by atoms with E-state index in [9.17, 15) is 0 Å². The maximum Gasteiger partial charge on any atom is 0.0547 e. The summed E-state index contributed by atoms with van der Waals surface area (Å²) in [6, 6.07) is 0. The van der Waals surface area contributed by atoms with E-state index in [1.807, 2.05) is 0 Å². The van der Waals surface area contributed by atoms with Crippen LogP contribution in [0, 0.1) is 0 Å².